The fraction of sp³-hybridized carbons (Fsp3) is 0.273. The van der Waals surface area contributed by atoms with Gasteiger partial charge in [-0.1, -0.05) is 22.0 Å². The highest BCUT2D eigenvalue weighted by Gasteiger charge is 2.30. The fourth-order valence-electron chi connectivity index (χ4n) is 1.96. The molecule has 0 saturated carbocycles. The molecule has 1 aromatic rings. The molecule has 0 spiro atoms. The van der Waals surface area contributed by atoms with E-state index < -0.39 is 5.97 Å². The summed E-state index contributed by atoms with van der Waals surface area (Å²) in [5.41, 5.74) is 1.53. The average molecular weight is 269 g/mol. The molecule has 0 radical (unpaired) electrons. The van der Waals surface area contributed by atoms with Crippen molar-refractivity contribution in [2.45, 2.75) is 18.8 Å². The van der Waals surface area contributed by atoms with Crippen LogP contribution in [0.15, 0.2) is 22.7 Å². The molecule has 1 aliphatic rings. The van der Waals surface area contributed by atoms with Gasteiger partial charge >= 0.3 is 5.97 Å². The smallest absolute Gasteiger partial charge is 0.303 e. The summed E-state index contributed by atoms with van der Waals surface area (Å²) in [7, 11) is 0. The van der Waals surface area contributed by atoms with Crippen LogP contribution in [0.25, 0.3) is 0 Å². The van der Waals surface area contributed by atoms with E-state index in [0.29, 0.717) is 12.0 Å². The molecule has 15 heavy (non-hydrogen) atoms. The van der Waals surface area contributed by atoms with Crippen molar-refractivity contribution in [2.75, 3.05) is 0 Å². The van der Waals surface area contributed by atoms with E-state index >= 15 is 0 Å². The Morgan fingerprint density at radius 2 is 2.27 bits per heavy atom. The lowest BCUT2D eigenvalue weighted by Crippen LogP contribution is -2.03. The predicted octanol–water partition coefficient (Wildman–Crippen LogP) is 2.59. The van der Waals surface area contributed by atoms with E-state index in [9.17, 15) is 9.59 Å². The topological polar surface area (TPSA) is 54.4 Å². The molecule has 1 atom stereocenters. The number of ketones is 1. The molecule has 4 heteroatoms. The van der Waals surface area contributed by atoms with Crippen LogP contribution in [0.5, 0.6) is 0 Å². The molecule has 2 rings (SSSR count). The number of carbonyl (C=O) groups is 2. The first kappa shape index (κ1) is 10.4. The number of carboxylic acids is 1. The summed E-state index contributed by atoms with van der Waals surface area (Å²) in [6, 6.07) is 5.40. The largest absolute Gasteiger partial charge is 0.481 e. The first-order valence-corrected chi connectivity index (χ1v) is 5.41. The van der Waals surface area contributed by atoms with Gasteiger partial charge in [0, 0.05) is 22.4 Å². The van der Waals surface area contributed by atoms with Crippen molar-refractivity contribution in [3.8, 4) is 0 Å². The summed E-state index contributed by atoms with van der Waals surface area (Å²) < 4.78 is 0.881. The Kier molecular flexibility index (Phi) is 2.61. The lowest BCUT2D eigenvalue weighted by Gasteiger charge is -2.07. The van der Waals surface area contributed by atoms with E-state index in [1.54, 1.807) is 12.1 Å². The first-order valence-electron chi connectivity index (χ1n) is 4.62. The van der Waals surface area contributed by atoms with E-state index in [4.69, 9.17) is 5.11 Å². The number of benzene rings is 1. The summed E-state index contributed by atoms with van der Waals surface area (Å²) in [5, 5.41) is 8.73. The van der Waals surface area contributed by atoms with Gasteiger partial charge < -0.3 is 5.11 Å². The summed E-state index contributed by atoms with van der Waals surface area (Å²) >= 11 is 3.32. The third-order valence-electron chi connectivity index (χ3n) is 2.61. The maximum absolute atomic E-state index is 11.6. The third-order valence-corrected chi connectivity index (χ3v) is 3.10. The Hall–Kier alpha value is -1.16. The standard InChI is InChI=1S/C11H9BrO3/c12-7-1-2-8-9(5-7)6(3-10(8)13)4-11(14)15/h1-2,5-6H,3-4H2,(H,14,15). The molecular weight excluding hydrogens is 260 g/mol. The van der Waals surface area contributed by atoms with Gasteiger partial charge in [0.1, 0.15) is 0 Å². The molecule has 0 aliphatic heterocycles. The number of rotatable bonds is 2. The van der Waals surface area contributed by atoms with Gasteiger partial charge in [-0.05, 0) is 17.7 Å². The van der Waals surface area contributed by atoms with Crippen LogP contribution in [0.4, 0.5) is 0 Å². The highest BCUT2D eigenvalue weighted by Crippen LogP contribution is 2.36. The summed E-state index contributed by atoms with van der Waals surface area (Å²) in [6.07, 6.45) is 0.341. The minimum Gasteiger partial charge on any atom is -0.481 e. The molecule has 0 fully saturated rings. The van der Waals surface area contributed by atoms with Gasteiger partial charge in [-0.15, -0.1) is 0 Å². The summed E-state index contributed by atoms with van der Waals surface area (Å²) in [4.78, 5) is 22.2. The van der Waals surface area contributed by atoms with Crippen LogP contribution in [0.1, 0.15) is 34.7 Å². The van der Waals surface area contributed by atoms with Crippen molar-refractivity contribution in [2.24, 2.45) is 0 Å². The molecule has 0 aromatic heterocycles. The first-order chi connectivity index (χ1) is 7.08. The molecule has 1 unspecified atom stereocenters. The monoisotopic (exact) mass is 268 g/mol. The molecule has 0 amide bonds. The molecule has 3 nitrogen and oxygen atoms in total. The second kappa shape index (κ2) is 3.77. The van der Waals surface area contributed by atoms with E-state index in [1.165, 1.54) is 0 Å². The van der Waals surface area contributed by atoms with Gasteiger partial charge in [0.25, 0.3) is 0 Å². The lowest BCUT2D eigenvalue weighted by atomic mass is 9.98. The third kappa shape index (κ3) is 1.95. The SMILES string of the molecule is O=C(O)CC1CC(=O)c2ccc(Br)cc21. The van der Waals surface area contributed by atoms with Crippen LogP contribution in [-0.2, 0) is 4.79 Å². The number of fused-ring (bicyclic) bond motifs is 1. The van der Waals surface area contributed by atoms with Gasteiger partial charge in [-0.25, -0.2) is 0 Å². The van der Waals surface area contributed by atoms with E-state index in [-0.39, 0.29) is 18.1 Å². The van der Waals surface area contributed by atoms with Crippen LogP contribution in [-0.4, -0.2) is 16.9 Å². The van der Waals surface area contributed by atoms with E-state index in [0.717, 1.165) is 10.0 Å². The molecular formula is C11H9BrO3. The molecule has 0 saturated heterocycles. The zero-order valence-corrected chi connectivity index (χ0v) is 9.45. The Morgan fingerprint density at radius 1 is 1.53 bits per heavy atom. The Bertz CT molecular complexity index is 437. The molecule has 0 bridgehead atoms. The van der Waals surface area contributed by atoms with Gasteiger partial charge in [0.05, 0.1) is 6.42 Å². The Balaban J connectivity index is 2.39. The van der Waals surface area contributed by atoms with Gasteiger partial charge in [0.15, 0.2) is 5.78 Å². The van der Waals surface area contributed by atoms with Crippen molar-refractivity contribution in [1.29, 1.82) is 0 Å². The van der Waals surface area contributed by atoms with Crippen molar-refractivity contribution in [3.05, 3.63) is 33.8 Å². The van der Waals surface area contributed by atoms with Crippen molar-refractivity contribution >= 4 is 27.7 Å². The normalized spacial score (nSPS) is 19.0. The van der Waals surface area contributed by atoms with Crippen LogP contribution < -0.4 is 0 Å². The van der Waals surface area contributed by atoms with Gasteiger partial charge in [0.2, 0.25) is 0 Å². The zero-order chi connectivity index (χ0) is 11.0. The van der Waals surface area contributed by atoms with Crippen LogP contribution >= 0.6 is 15.9 Å². The van der Waals surface area contributed by atoms with Gasteiger partial charge in [-0.2, -0.15) is 0 Å². The maximum atomic E-state index is 11.6. The second-order valence-electron chi connectivity index (χ2n) is 3.65. The van der Waals surface area contributed by atoms with Crippen LogP contribution in [0.3, 0.4) is 0 Å². The van der Waals surface area contributed by atoms with Crippen LogP contribution in [0.2, 0.25) is 0 Å². The summed E-state index contributed by atoms with van der Waals surface area (Å²) in [6.45, 7) is 0. The number of carbonyl (C=O) groups excluding carboxylic acids is 1. The average Bonchev–Trinajstić information content (AvgIpc) is 2.42. The molecule has 1 aliphatic carbocycles. The number of aliphatic carboxylic acids is 1. The Labute approximate surface area is 95.2 Å². The minimum absolute atomic E-state index is 0.0230. The highest BCUT2D eigenvalue weighted by molar-refractivity contribution is 9.10. The lowest BCUT2D eigenvalue weighted by molar-refractivity contribution is -0.137. The van der Waals surface area contributed by atoms with Gasteiger partial charge in [-0.3, -0.25) is 9.59 Å². The summed E-state index contributed by atoms with van der Waals surface area (Å²) in [5.74, 6) is -0.980. The number of Topliss-reactive ketones (excluding diaryl/α,β-unsaturated/α-hetero) is 1. The second-order valence-corrected chi connectivity index (χ2v) is 4.57. The quantitative estimate of drug-likeness (QED) is 0.897. The molecule has 1 aromatic carbocycles. The minimum atomic E-state index is -0.861. The number of carboxylic acid groups (broad SMARTS) is 1. The number of hydrogen-bond acceptors (Lipinski definition) is 2. The van der Waals surface area contributed by atoms with Crippen LogP contribution in [0, 0.1) is 0 Å². The highest BCUT2D eigenvalue weighted by atomic mass is 79.9. The van der Waals surface area contributed by atoms with E-state index in [2.05, 4.69) is 15.9 Å². The number of halogens is 1. The Morgan fingerprint density at radius 3 is 2.93 bits per heavy atom. The zero-order valence-electron chi connectivity index (χ0n) is 7.87. The van der Waals surface area contributed by atoms with Crippen molar-refractivity contribution in [1.82, 2.24) is 0 Å². The fourth-order valence-corrected chi connectivity index (χ4v) is 2.34. The number of hydrogen-bond donors (Lipinski definition) is 1. The van der Waals surface area contributed by atoms with Crippen molar-refractivity contribution < 1.29 is 14.7 Å². The molecule has 0 heterocycles. The van der Waals surface area contributed by atoms with Crippen molar-refractivity contribution in [3.63, 3.8) is 0 Å². The van der Waals surface area contributed by atoms with E-state index in [1.807, 2.05) is 6.07 Å². The maximum Gasteiger partial charge on any atom is 0.303 e. The predicted molar refractivity (Wildman–Crippen MR) is 58.1 cm³/mol. The molecule has 78 valence electrons. The molecule has 1 N–H and O–H groups in total.